The fraction of sp³-hybridized carbons (Fsp3) is 0.556. The summed E-state index contributed by atoms with van der Waals surface area (Å²) in [4.78, 5) is 28.1. The summed E-state index contributed by atoms with van der Waals surface area (Å²) in [6, 6.07) is 6.29. The number of nitrogens with one attached hydrogen (secondary N) is 1. The van der Waals surface area contributed by atoms with Gasteiger partial charge < -0.3 is 15.1 Å². The summed E-state index contributed by atoms with van der Waals surface area (Å²) in [6.07, 6.45) is 0. The second-order valence-electron chi connectivity index (χ2n) is 6.70. The lowest BCUT2D eigenvalue weighted by molar-refractivity contribution is -0.128. The Morgan fingerprint density at radius 1 is 1.40 bits per heavy atom. The van der Waals surface area contributed by atoms with E-state index in [1.165, 1.54) is 23.9 Å². The Morgan fingerprint density at radius 2 is 2.12 bits per heavy atom. The Morgan fingerprint density at radius 3 is 2.72 bits per heavy atom. The molecule has 1 saturated heterocycles. The van der Waals surface area contributed by atoms with E-state index in [1.54, 1.807) is 15.9 Å². The Kier molecular flexibility index (Phi) is 6.70. The van der Waals surface area contributed by atoms with Crippen molar-refractivity contribution in [1.29, 1.82) is 0 Å². The van der Waals surface area contributed by atoms with E-state index < -0.39 is 0 Å². The highest BCUT2D eigenvalue weighted by atomic mass is 32.2. The van der Waals surface area contributed by atoms with Crippen LogP contribution in [0.25, 0.3) is 0 Å². The molecule has 138 valence electrons. The summed E-state index contributed by atoms with van der Waals surface area (Å²) in [5, 5.41) is 2.69. The van der Waals surface area contributed by atoms with E-state index in [1.807, 2.05) is 33.8 Å². The minimum absolute atomic E-state index is 0.0206. The summed E-state index contributed by atoms with van der Waals surface area (Å²) < 4.78 is 13.5. The topological polar surface area (TPSA) is 52.7 Å². The molecule has 0 aromatic heterocycles. The fourth-order valence-electron chi connectivity index (χ4n) is 2.77. The van der Waals surface area contributed by atoms with Crippen molar-refractivity contribution in [2.45, 2.75) is 45.2 Å². The number of carbonyl (C=O) groups excluding carboxylic acids is 2. The Labute approximate surface area is 152 Å². The number of hydrogen-bond acceptors (Lipinski definition) is 3. The van der Waals surface area contributed by atoms with Gasteiger partial charge >= 0.3 is 6.03 Å². The molecule has 0 radical (unpaired) electrons. The van der Waals surface area contributed by atoms with Crippen molar-refractivity contribution >= 4 is 23.7 Å². The van der Waals surface area contributed by atoms with Crippen molar-refractivity contribution in [1.82, 2.24) is 15.1 Å². The third-order valence-corrected chi connectivity index (χ3v) is 5.24. The van der Waals surface area contributed by atoms with Gasteiger partial charge in [0.2, 0.25) is 5.91 Å². The highest BCUT2D eigenvalue weighted by Gasteiger charge is 2.33. The van der Waals surface area contributed by atoms with Gasteiger partial charge in [0, 0.05) is 25.2 Å². The van der Waals surface area contributed by atoms with Crippen LogP contribution in [-0.4, -0.2) is 52.7 Å². The molecule has 0 aliphatic carbocycles. The van der Waals surface area contributed by atoms with Gasteiger partial charge in [0.05, 0.1) is 5.75 Å². The van der Waals surface area contributed by atoms with Gasteiger partial charge in [-0.15, -0.1) is 11.8 Å². The molecule has 1 N–H and O–H groups in total. The van der Waals surface area contributed by atoms with Crippen molar-refractivity contribution in [2.75, 3.05) is 18.8 Å². The zero-order valence-corrected chi connectivity index (χ0v) is 16.0. The zero-order valence-electron chi connectivity index (χ0n) is 15.2. The average molecular weight is 367 g/mol. The maximum atomic E-state index is 13.5. The number of benzene rings is 1. The molecule has 3 amide bonds. The van der Waals surface area contributed by atoms with Crippen LogP contribution in [0.1, 0.15) is 38.6 Å². The normalized spacial score (nSPS) is 17.5. The van der Waals surface area contributed by atoms with Gasteiger partial charge in [-0.1, -0.05) is 12.1 Å². The largest absolute Gasteiger partial charge is 0.336 e. The number of halogens is 1. The van der Waals surface area contributed by atoms with Crippen LogP contribution in [0, 0.1) is 5.82 Å². The van der Waals surface area contributed by atoms with Gasteiger partial charge in [-0.2, -0.15) is 0 Å². The van der Waals surface area contributed by atoms with Gasteiger partial charge in [-0.3, -0.25) is 4.79 Å². The predicted octanol–water partition coefficient (Wildman–Crippen LogP) is 3.23. The van der Waals surface area contributed by atoms with E-state index >= 15 is 0 Å². The number of amides is 3. The minimum atomic E-state index is -0.308. The smallest absolute Gasteiger partial charge is 0.317 e. The fourth-order valence-corrected chi connectivity index (χ4v) is 3.98. The third kappa shape index (κ3) is 5.11. The molecule has 0 bridgehead atoms. The average Bonchev–Trinajstić information content (AvgIpc) is 2.87. The first-order chi connectivity index (χ1) is 11.8. The highest BCUT2D eigenvalue weighted by Crippen LogP contribution is 2.38. The van der Waals surface area contributed by atoms with Crippen LogP contribution >= 0.6 is 11.8 Å². The van der Waals surface area contributed by atoms with Crippen molar-refractivity contribution in [3.8, 4) is 0 Å². The van der Waals surface area contributed by atoms with Gasteiger partial charge in [-0.25, -0.2) is 9.18 Å². The lowest BCUT2D eigenvalue weighted by Gasteiger charge is -2.31. The molecular formula is C18H26FN3O2S. The number of nitrogens with zero attached hydrogens (tertiary/aromatic N) is 2. The lowest BCUT2D eigenvalue weighted by Crippen LogP contribution is -2.49. The SMILES string of the molecule is CC(C)NC(=O)N(CCN1C(=O)CSC1c1cccc(F)c1)C(C)C. The summed E-state index contributed by atoms with van der Waals surface area (Å²) in [5.41, 5.74) is 0.776. The van der Waals surface area contributed by atoms with Crippen molar-refractivity contribution in [3.05, 3.63) is 35.6 Å². The summed E-state index contributed by atoms with van der Waals surface area (Å²) in [5.74, 6) is 0.0888. The van der Waals surface area contributed by atoms with Crippen LogP contribution in [-0.2, 0) is 4.79 Å². The molecule has 2 rings (SSSR count). The molecule has 0 saturated carbocycles. The van der Waals surface area contributed by atoms with Crippen molar-refractivity contribution in [3.63, 3.8) is 0 Å². The summed E-state index contributed by atoms with van der Waals surface area (Å²) in [6.45, 7) is 8.59. The van der Waals surface area contributed by atoms with E-state index in [0.29, 0.717) is 18.8 Å². The molecule has 1 aliphatic heterocycles. The monoisotopic (exact) mass is 367 g/mol. The molecule has 1 fully saturated rings. The van der Waals surface area contributed by atoms with Crippen LogP contribution in [0.3, 0.4) is 0 Å². The molecule has 1 aromatic carbocycles. The first-order valence-electron chi connectivity index (χ1n) is 8.53. The first kappa shape index (κ1) is 19.6. The molecule has 1 unspecified atom stereocenters. The van der Waals surface area contributed by atoms with E-state index in [-0.39, 0.29) is 35.2 Å². The maximum Gasteiger partial charge on any atom is 0.317 e. The first-order valence-corrected chi connectivity index (χ1v) is 9.58. The standard InChI is InChI=1S/C18H26FN3O2S/c1-12(2)20-18(24)21(13(3)4)8-9-22-16(23)11-25-17(22)14-6-5-7-15(19)10-14/h5-7,10,12-13,17H,8-9,11H2,1-4H3,(H,20,24). The molecular weight excluding hydrogens is 341 g/mol. The molecule has 1 heterocycles. The van der Waals surface area contributed by atoms with Crippen LogP contribution < -0.4 is 5.32 Å². The molecule has 1 aliphatic rings. The zero-order chi connectivity index (χ0) is 18.6. The second-order valence-corrected chi connectivity index (χ2v) is 7.77. The number of carbonyl (C=O) groups is 2. The number of rotatable bonds is 6. The van der Waals surface area contributed by atoms with E-state index in [9.17, 15) is 14.0 Å². The molecule has 1 aromatic rings. The predicted molar refractivity (Wildman–Crippen MR) is 98.8 cm³/mol. The number of hydrogen-bond donors (Lipinski definition) is 1. The van der Waals surface area contributed by atoms with Crippen molar-refractivity contribution in [2.24, 2.45) is 0 Å². The lowest BCUT2D eigenvalue weighted by atomic mass is 10.2. The van der Waals surface area contributed by atoms with Gasteiger partial charge in [-0.05, 0) is 45.4 Å². The van der Waals surface area contributed by atoms with E-state index in [0.717, 1.165) is 5.56 Å². The van der Waals surface area contributed by atoms with E-state index in [4.69, 9.17) is 0 Å². The second kappa shape index (κ2) is 8.56. The van der Waals surface area contributed by atoms with Gasteiger partial charge in [0.15, 0.2) is 0 Å². The van der Waals surface area contributed by atoms with Crippen LogP contribution in [0.4, 0.5) is 9.18 Å². The van der Waals surface area contributed by atoms with Crippen LogP contribution in [0.15, 0.2) is 24.3 Å². The maximum absolute atomic E-state index is 13.5. The quantitative estimate of drug-likeness (QED) is 0.840. The van der Waals surface area contributed by atoms with Gasteiger partial charge in [0.25, 0.3) is 0 Å². The highest BCUT2D eigenvalue weighted by molar-refractivity contribution is 8.00. The molecule has 25 heavy (non-hydrogen) atoms. The summed E-state index contributed by atoms with van der Waals surface area (Å²) >= 11 is 1.49. The summed E-state index contributed by atoms with van der Waals surface area (Å²) in [7, 11) is 0. The minimum Gasteiger partial charge on any atom is -0.336 e. The molecule has 0 spiro atoms. The van der Waals surface area contributed by atoms with Gasteiger partial charge in [0.1, 0.15) is 11.2 Å². The third-order valence-electron chi connectivity index (χ3n) is 3.98. The van der Waals surface area contributed by atoms with Crippen LogP contribution in [0.5, 0.6) is 0 Å². The van der Waals surface area contributed by atoms with Crippen LogP contribution in [0.2, 0.25) is 0 Å². The number of urea groups is 1. The van der Waals surface area contributed by atoms with Crippen molar-refractivity contribution < 1.29 is 14.0 Å². The number of thioether (sulfide) groups is 1. The van der Waals surface area contributed by atoms with E-state index in [2.05, 4.69) is 5.32 Å². The Bertz CT molecular complexity index is 624. The molecule has 5 nitrogen and oxygen atoms in total. The molecule has 7 heteroatoms. The Balaban J connectivity index is 2.07. The Hall–Kier alpha value is -1.76. The molecule has 1 atom stereocenters.